The molecule has 2 aromatic rings. The van der Waals surface area contributed by atoms with E-state index in [1.807, 2.05) is 20.8 Å². The molecule has 4 rings (SSSR count). The number of hydrogen-bond donors (Lipinski definition) is 2. The molecule has 1 aliphatic heterocycles. The Kier molecular flexibility index (Phi) is 9.91. The third-order valence-electron chi connectivity index (χ3n) is 8.00. The molecule has 1 amide bonds. The number of aromatic nitrogens is 2. The predicted octanol–water partition coefficient (Wildman–Crippen LogP) is 4.79. The molecule has 2 aliphatic rings. The van der Waals surface area contributed by atoms with E-state index in [9.17, 15) is 9.18 Å². The molecule has 1 aliphatic carbocycles. The van der Waals surface area contributed by atoms with Crippen molar-refractivity contribution in [3.05, 3.63) is 42.1 Å². The van der Waals surface area contributed by atoms with E-state index in [1.54, 1.807) is 11.1 Å². The largest absolute Gasteiger partial charge is 0.451 e. The van der Waals surface area contributed by atoms with E-state index >= 15 is 0 Å². The number of hydrogen-bond acceptors (Lipinski definition) is 7. The van der Waals surface area contributed by atoms with Gasteiger partial charge in [0.15, 0.2) is 11.6 Å². The molecule has 2 heterocycles. The van der Waals surface area contributed by atoms with Crippen LogP contribution < -0.4 is 15.4 Å². The summed E-state index contributed by atoms with van der Waals surface area (Å²) in [6, 6.07) is 4.70. The summed E-state index contributed by atoms with van der Waals surface area (Å²) < 4.78 is 20.3. The Bertz CT molecular complexity index is 1060. The zero-order valence-electron chi connectivity index (χ0n) is 23.3. The van der Waals surface area contributed by atoms with Crippen molar-refractivity contribution in [3.8, 4) is 11.5 Å². The van der Waals surface area contributed by atoms with Crippen molar-refractivity contribution >= 4 is 11.7 Å². The standard InChI is InChI=1S/C29H43FN6O2/c1-5-36(20(2)3)29(37)25-14-23(30)8-11-26(25)38-27-16-32-19-34-28(27)33-15-22-12-13-35(18-22)17-21-6-9-24(31-4)10-7-21/h8,11,14,16,19-22,24,31H,5-7,9-10,12-13,15,17-18H2,1-4H3,(H,32,33,34)/t21-,22-,24-/m0/s1. The first-order valence-electron chi connectivity index (χ1n) is 14.1. The molecule has 0 spiro atoms. The van der Waals surface area contributed by atoms with Crippen molar-refractivity contribution in [1.29, 1.82) is 0 Å². The number of anilines is 1. The summed E-state index contributed by atoms with van der Waals surface area (Å²) in [7, 11) is 2.07. The van der Waals surface area contributed by atoms with Gasteiger partial charge in [-0.2, -0.15) is 0 Å². The van der Waals surface area contributed by atoms with Gasteiger partial charge in [0.05, 0.1) is 11.8 Å². The molecule has 2 N–H and O–H groups in total. The predicted molar refractivity (Wildman–Crippen MR) is 148 cm³/mol. The van der Waals surface area contributed by atoms with E-state index in [0.29, 0.717) is 30.1 Å². The van der Waals surface area contributed by atoms with Gasteiger partial charge < -0.3 is 25.2 Å². The third kappa shape index (κ3) is 7.20. The number of amides is 1. The number of likely N-dealkylation sites (tertiary alicyclic amines) is 1. The summed E-state index contributed by atoms with van der Waals surface area (Å²) in [5.41, 5.74) is 0.186. The van der Waals surface area contributed by atoms with Gasteiger partial charge in [0.25, 0.3) is 5.91 Å². The van der Waals surface area contributed by atoms with E-state index < -0.39 is 5.82 Å². The van der Waals surface area contributed by atoms with Gasteiger partial charge in [-0.05, 0) is 96.5 Å². The van der Waals surface area contributed by atoms with E-state index in [4.69, 9.17) is 4.74 Å². The van der Waals surface area contributed by atoms with Crippen LogP contribution in [-0.4, -0.2) is 77.5 Å². The summed E-state index contributed by atoms with van der Waals surface area (Å²) >= 11 is 0. The van der Waals surface area contributed by atoms with Crippen molar-refractivity contribution in [2.45, 2.75) is 65.0 Å². The smallest absolute Gasteiger partial charge is 0.257 e. The SMILES string of the molecule is CCN(C(=O)c1cc(F)ccc1Oc1cncnc1NC[C@@H]1CCN(C[C@H]2CC[C@H](NC)CC2)C1)C(C)C. The first kappa shape index (κ1) is 28.2. The Morgan fingerprint density at radius 1 is 1.18 bits per heavy atom. The van der Waals surface area contributed by atoms with Gasteiger partial charge in [0.1, 0.15) is 17.9 Å². The van der Waals surface area contributed by atoms with Gasteiger partial charge >= 0.3 is 0 Å². The average molecular weight is 527 g/mol. The zero-order valence-corrected chi connectivity index (χ0v) is 23.3. The van der Waals surface area contributed by atoms with Crippen LogP contribution in [0.15, 0.2) is 30.7 Å². The summed E-state index contributed by atoms with van der Waals surface area (Å²) in [4.78, 5) is 26.0. The van der Waals surface area contributed by atoms with Crippen molar-refractivity contribution in [1.82, 2.24) is 25.1 Å². The minimum atomic E-state index is -0.482. The topological polar surface area (TPSA) is 82.6 Å². The van der Waals surface area contributed by atoms with Crippen LogP contribution in [0.5, 0.6) is 11.5 Å². The molecule has 1 atom stereocenters. The van der Waals surface area contributed by atoms with Crippen molar-refractivity contribution in [2.75, 3.05) is 45.1 Å². The fourth-order valence-electron chi connectivity index (χ4n) is 5.78. The number of nitrogens with one attached hydrogen (secondary N) is 2. The van der Waals surface area contributed by atoms with Crippen molar-refractivity contribution in [3.63, 3.8) is 0 Å². The maximum absolute atomic E-state index is 14.1. The van der Waals surface area contributed by atoms with Gasteiger partial charge in [-0.15, -0.1) is 0 Å². The Morgan fingerprint density at radius 3 is 2.68 bits per heavy atom. The van der Waals surface area contributed by atoms with Crippen molar-refractivity contribution in [2.24, 2.45) is 11.8 Å². The maximum Gasteiger partial charge on any atom is 0.257 e. The number of ether oxygens (including phenoxy) is 1. The van der Waals surface area contributed by atoms with Gasteiger partial charge in [0, 0.05) is 38.3 Å². The number of halogens is 1. The van der Waals surface area contributed by atoms with Crippen LogP contribution in [0.4, 0.5) is 10.2 Å². The van der Waals surface area contributed by atoms with Crippen LogP contribution in [0.1, 0.15) is 63.2 Å². The molecule has 0 unspecified atom stereocenters. The van der Waals surface area contributed by atoms with Crippen LogP contribution >= 0.6 is 0 Å². The second-order valence-corrected chi connectivity index (χ2v) is 11.0. The van der Waals surface area contributed by atoms with Crippen LogP contribution in [0, 0.1) is 17.7 Å². The molecular weight excluding hydrogens is 483 g/mol. The minimum Gasteiger partial charge on any atom is -0.451 e. The second-order valence-electron chi connectivity index (χ2n) is 11.0. The third-order valence-corrected chi connectivity index (χ3v) is 8.00. The molecule has 9 heteroatoms. The van der Waals surface area contributed by atoms with Gasteiger partial charge in [0.2, 0.25) is 0 Å². The lowest BCUT2D eigenvalue weighted by Crippen LogP contribution is -2.36. The van der Waals surface area contributed by atoms with E-state index in [1.165, 1.54) is 56.8 Å². The summed E-state index contributed by atoms with van der Waals surface area (Å²) in [5.74, 6) is 1.85. The summed E-state index contributed by atoms with van der Waals surface area (Å²) in [6.45, 7) is 10.5. The minimum absolute atomic E-state index is 0.0183. The number of carbonyl (C=O) groups excluding carboxylic acids is 1. The Labute approximate surface area is 226 Å². The molecule has 1 aromatic heterocycles. The molecular formula is C29H43FN6O2. The lowest BCUT2D eigenvalue weighted by molar-refractivity contribution is 0.0713. The fraction of sp³-hybridized carbons (Fsp3) is 0.621. The average Bonchev–Trinajstić information content (AvgIpc) is 3.37. The first-order chi connectivity index (χ1) is 18.4. The molecule has 2 fully saturated rings. The Hall–Kier alpha value is -2.78. The fourth-order valence-corrected chi connectivity index (χ4v) is 5.78. The molecule has 8 nitrogen and oxygen atoms in total. The number of benzene rings is 1. The van der Waals surface area contributed by atoms with Gasteiger partial charge in [-0.3, -0.25) is 4.79 Å². The lowest BCUT2D eigenvalue weighted by atomic mass is 9.86. The van der Waals surface area contributed by atoms with Crippen LogP contribution in [0.25, 0.3) is 0 Å². The van der Waals surface area contributed by atoms with Gasteiger partial charge in [-0.1, -0.05) is 0 Å². The van der Waals surface area contributed by atoms with E-state index in [-0.39, 0.29) is 23.3 Å². The Balaban J connectivity index is 1.37. The highest BCUT2D eigenvalue weighted by atomic mass is 19.1. The number of carbonyl (C=O) groups is 1. The highest BCUT2D eigenvalue weighted by Crippen LogP contribution is 2.32. The number of rotatable bonds is 11. The van der Waals surface area contributed by atoms with Crippen LogP contribution in [0.3, 0.4) is 0 Å². The molecule has 1 saturated heterocycles. The lowest BCUT2D eigenvalue weighted by Gasteiger charge is -2.31. The maximum atomic E-state index is 14.1. The monoisotopic (exact) mass is 526 g/mol. The molecule has 1 aromatic carbocycles. The molecule has 1 saturated carbocycles. The number of nitrogens with zero attached hydrogens (tertiary/aromatic N) is 4. The normalized spacial score (nSPS) is 22.0. The molecule has 38 heavy (non-hydrogen) atoms. The van der Waals surface area contributed by atoms with Crippen LogP contribution in [-0.2, 0) is 0 Å². The van der Waals surface area contributed by atoms with Crippen LogP contribution in [0.2, 0.25) is 0 Å². The van der Waals surface area contributed by atoms with E-state index in [2.05, 4.69) is 32.5 Å². The molecule has 208 valence electrons. The van der Waals surface area contributed by atoms with E-state index in [0.717, 1.165) is 32.0 Å². The molecule has 0 bridgehead atoms. The summed E-state index contributed by atoms with van der Waals surface area (Å²) in [6.07, 6.45) is 9.40. The van der Waals surface area contributed by atoms with Gasteiger partial charge in [-0.25, -0.2) is 14.4 Å². The first-order valence-corrected chi connectivity index (χ1v) is 14.1. The van der Waals surface area contributed by atoms with Crippen molar-refractivity contribution < 1.29 is 13.9 Å². The zero-order chi connectivity index (χ0) is 27.1. The molecule has 0 radical (unpaired) electrons. The highest BCUT2D eigenvalue weighted by Gasteiger charge is 2.28. The second kappa shape index (κ2) is 13.3. The summed E-state index contributed by atoms with van der Waals surface area (Å²) in [5, 5.41) is 6.87. The highest BCUT2D eigenvalue weighted by molar-refractivity contribution is 5.97. The quantitative estimate of drug-likeness (QED) is 0.436. The Morgan fingerprint density at radius 2 is 1.97 bits per heavy atom.